The zero-order chi connectivity index (χ0) is 12.8. The van der Waals surface area contributed by atoms with Crippen LogP contribution in [-0.2, 0) is 6.42 Å². The SMILES string of the molecule is COc1ccccc1CCNC(=O)c1cocn1. The van der Waals surface area contributed by atoms with Gasteiger partial charge in [-0.25, -0.2) is 4.98 Å². The van der Waals surface area contributed by atoms with Gasteiger partial charge in [0.2, 0.25) is 0 Å². The van der Waals surface area contributed by atoms with Gasteiger partial charge >= 0.3 is 0 Å². The van der Waals surface area contributed by atoms with Gasteiger partial charge in [0.05, 0.1) is 7.11 Å². The molecule has 0 fully saturated rings. The Balaban J connectivity index is 1.87. The number of oxazole rings is 1. The molecule has 0 radical (unpaired) electrons. The summed E-state index contributed by atoms with van der Waals surface area (Å²) in [6.07, 6.45) is 3.25. The van der Waals surface area contributed by atoms with Crippen molar-refractivity contribution >= 4 is 5.91 Å². The fraction of sp³-hybridized carbons (Fsp3) is 0.231. The minimum absolute atomic E-state index is 0.237. The molecule has 1 N–H and O–H groups in total. The van der Waals surface area contributed by atoms with E-state index in [0.717, 1.165) is 11.3 Å². The van der Waals surface area contributed by atoms with Gasteiger partial charge in [0, 0.05) is 6.54 Å². The van der Waals surface area contributed by atoms with Crippen LogP contribution in [0.3, 0.4) is 0 Å². The molecule has 0 atom stereocenters. The maximum atomic E-state index is 11.6. The molecule has 0 saturated heterocycles. The number of carbonyl (C=O) groups is 1. The summed E-state index contributed by atoms with van der Waals surface area (Å²) in [7, 11) is 1.63. The van der Waals surface area contributed by atoms with Gasteiger partial charge in [-0.2, -0.15) is 0 Å². The Labute approximate surface area is 105 Å². The number of para-hydroxylation sites is 1. The summed E-state index contributed by atoms with van der Waals surface area (Å²) in [5.41, 5.74) is 1.34. The van der Waals surface area contributed by atoms with E-state index in [1.54, 1.807) is 7.11 Å². The molecule has 94 valence electrons. The predicted molar refractivity (Wildman–Crippen MR) is 65.5 cm³/mol. The molecule has 1 amide bonds. The van der Waals surface area contributed by atoms with Gasteiger partial charge in [-0.15, -0.1) is 0 Å². The van der Waals surface area contributed by atoms with Crippen molar-refractivity contribution in [3.05, 3.63) is 48.2 Å². The Morgan fingerprint density at radius 3 is 3.00 bits per heavy atom. The van der Waals surface area contributed by atoms with Crippen molar-refractivity contribution in [3.63, 3.8) is 0 Å². The summed E-state index contributed by atoms with van der Waals surface area (Å²) in [5, 5.41) is 2.77. The molecule has 1 heterocycles. The van der Waals surface area contributed by atoms with Crippen LogP contribution < -0.4 is 10.1 Å². The normalized spacial score (nSPS) is 10.1. The predicted octanol–water partition coefficient (Wildman–Crippen LogP) is 1.66. The molecule has 0 aliphatic rings. The number of hydrogen-bond donors (Lipinski definition) is 1. The van der Waals surface area contributed by atoms with E-state index in [0.29, 0.717) is 13.0 Å². The summed E-state index contributed by atoms with van der Waals surface area (Å²) in [6.45, 7) is 0.520. The zero-order valence-electron chi connectivity index (χ0n) is 10.1. The van der Waals surface area contributed by atoms with Crippen LogP contribution in [0.25, 0.3) is 0 Å². The third-order valence-electron chi connectivity index (χ3n) is 2.54. The number of hydrogen-bond acceptors (Lipinski definition) is 4. The monoisotopic (exact) mass is 246 g/mol. The van der Waals surface area contributed by atoms with E-state index in [2.05, 4.69) is 10.3 Å². The highest BCUT2D eigenvalue weighted by Gasteiger charge is 2.08. The quantitative estimate of drug-likeness (QED) is 0.871. The van der Waals surface area contributed by atoms with Crippen LogP contribution in [0, 0.1) is 0 Å². The molecule has 0 bridgehead atoms. The highest BCUT2D eigenvalue weighted by atomic mass is 16.5. The smallest absolute Gasteiger partial charge is 0.273 e. The average Bonchev–Trinajstić information content (AvgIpc) is 2.93. The lowest BCUT2D eigenvalue weighted by atomic mass is 10.1. The van der Waals surface area contributed by atoms with E-state index >= 15 is 0 Å². The number of nitrogens with zero attached hydrogens (tertiary/aromatic N) is 1. The molecular formula is C13H14N2O3. The van der Waals surface area contributed by atoms with Crippen molar-refractivity contribution in [2.45, 2.75) is 6.42 Å². The van der Waals surface area contributed by atoms with E-state index in [-0.39, 0.29) is 11.6 Å². The van der Waals surface area contributed by atoms with Crippen molar-refractivity contribution in [3.8, 4) is 5.75 Å². The number of benzene rings is 1. The molecule has 5 nitrogen and oxygen atoms in total. The number of methoxy groups -OCH3 is 1. The van der Waals surface area contributed by atoms with E-state index < -0.39 is 0 Å². The molecule has 0 spiro atoms. The first kappa shape index (κ1) is 12.2. The van der Waals surface area contributed by atoms with Crippen molar-refractivity contribution < 1.29 is 13.9 Å². The second kappa shape index (κ2) is 5.86. The third kappa shape index (κ3) is 2.88. The fourth-order valence-electron chi connectivity index (χ4n) is 1.64. The maximum Gasteiger partial charge on any atom is 0.273 e. The first-order valence-electron chi connectivity index (χ1n) is 5.59. The Bertz CT molecular complexity index is 509. The lowest BCUT2D eigenvalue weighted by Crippen LogP contribution is -2.26. The largest absolute Gasteiger partial charge is 0.496 e. The summed E-state index contributed by atoms with van der Waals surface area (Å²) in [4.78, 5) is 15.4. The van der Waals surface area contributed by atoms with Gasteiger partial charge < -0.3 is 14.5 Å². The molecule has 1 aromatic carbocycles. The average molecular weight is 246 g/mol. The van der Waals surface area contributed by atoms with Crippen LogP contribution >= 0.6 is 0 Å². The van der Waals surface area contributed by atoms with Gasteiger partial charge in [-0.05, 0) is 18.1 Å². The van der Waals surface area contributed by atoms with Crippen LogP contribution in [0.4, 0.5) is 0 Å². The maximum absolute atomic E-state index is 11.6. The summed E-state index contributed by atoms with van der Waals surface area (Å²) >= 11 is 0. The summed E-state index contributed by atoms with van der Waals surface area (Å²) in [5.74, 6) is 0.590. The van der Waals surface area contributed by atoms with Gasteiger partial charge in [-0.1, -0.05) is 18.2 Å². The second-order valence-corrected chi connectivity index (χ2v) is 3.69. The van der Waals surface area contributed by atoms with Gasteiger partial charge in [0.25, 0.3) is 5.91 Å². The molecule has 1 aromatic heterocycles. The molecule has 0 aliphatic carbocycles. The highest BCUT2D eigenvalue weighted by molar-refractivity contribution is 5.91. The van der Waals surface area contributed by atoms with E-state index in [9.17, 15) is 4.79 Å². The first-order chi connectivity index (χ1) is 8.81. The van der Waals surface area contributed by atoms with Gasteiger partial charge in [-0.3, -0.25) is 4.79 Å². The number of amides is 1. The minimum Gasteiger partial charge on any atom is -0.496 e. The number of carbonyl (C=O) groups excluding carboxylic acids is 1. The van der Waals surface area contributed by atoms with E-state index in [1.165, 1.54) is 12.7 Å². The Kier molecular flexibility index (Phi) is 3.96. The van der Waals surface area contributed by atoms with E-state index in [4.69, 9.17) is 9.15 Å². The van der Waals surface area contributed by atoms with Crippen molar-refractivity contribution in [2.24, 2.45) is 0 Å². The van der Waals surface area contributed by atoms with Crippen LogP contribution in [0.1, 0.15) is 16.1 Å². The van der Waals surface area contributed by atoms with Crippen LogP contribution in [0.5, 0.6) is 5.75 Å². The minimum atomic E-state index is -0.237. The lowest BCUT2D eigenvalue weighted by molar-refractivity contribution is 0.0949. The van der Waals surface area contributed by atoms with Crippen LogP contribution in [0.2, 0.25) is 0 Å². The Hall–Kier alpha value is -2.30. The summed E-state index contributed by atoms with van der Waals surface area (Å²) in [6, 6.07) is 7.73. The number of aromatic nitrogens is 1. The number of ether oxygens (including phenoxy) is 1. The standard InChI is InChI=1S/C13H14N2O3/c1-17-12-5-3-2-4-10(12)6-7-14-13(16)11-8-18-9-15-11/h2-5,8-9H,6-7H2,1H3,(H,14,16). The molecule has 2 rings (SSSR count). The number of rotatable bonds is 5. The molecule has 0 saturated carbocycles. The Morgan fingerprint density at radius 2 is 2.28 bits per heavy atom. The van der Waals surface area contributed by atoms with Crippen molar-refractivity contribution in [1.29, 1.82) is 0 Å². The topological polar surface area (TPSA) is 64.4 Å². The van der Waals surface area contributed by atoms with Crippen LogP contribution in [0.15, 0.2) is 41.3 Å². The molecule has 0 aliphatic heterocycles. The molecular weight excluding hydrogens is 232 g/mol. The highest BCUT2D eigenvalue weighted by Crippen LogP contribution is 2.17. The van der Waals surface area contributed by atoms with Crippen molar-refractivity contribution in [1.82, 2.24) is 10.3 Å². The van der Waals surface area contributed by atoms with Gasteiger partial charge in [0.15, 0.2) is 12.1 Å². The van der Waals surface area contributed by atoms with Crippen LogP contribution in [-0.4, -0.2) is 24.5 Å². The zero-order valence-corrected chi connectivity index (χ0v) is 10.1. The second-order valence-electron chi connectivity index (χ2n) is 3.69. The molecule has 2 aromatic rings. The third-order valence-corrected chi connectivity index (χ3v) is 2.54. The Morgan fingerprint density at radius 1 is 1.44 bits per heavy atom. The first-order valence-corrected chi connectivity index (χ1v) is 5.59. The van der Waals surface area contributed by atoms with Crippen molar-refractivity contribution in [2.75, 3.05) is 13.7 Å². The summed E-state index contributed by atoms with van der Waals surface area (Å²) < 4.78 is 9.98. The molecule has 5 heteroatoms. The van der Waals surface area contributed by atoms with Gasteiger partial charge in [0.1, 0.15) is 12.0 Å². The lowest BCUT2D eigenvalue weighted by Gasteiger charge is -2.08. The fourth-order valence-corrected chi connectivity index (χ4v) is 1.64. The molecule has 18 heavy (non-hydrogen) atoms. The molecule has 0 unspecified atom stereocenters. The number of nitrogens with one attached hydrogen (secondary N) is 1. The van der Waals surface area contributed by atoms with E-state index in [1.807, 2.05) is 24.3 Å².